The number of aromatic hydroxyl groups is 1. The number of carbonyl (C=O) groups is 8. The topological polar surface area (TPSA) is 224 Å². The Balaban J connectivity index is 0.665. The van der Waals surface area contributed by atoms with E-state index in [9.17, 15) is 43.5 Å². The highest BCUT2D eigenvalue weighted by Gasteiger charge is 2.46. The SMILES string of the molecule is O=C(CCCC(=O)NCCc1ccc(N2C[C@@H]3C[C@H]2CN3/C=C/C(=O)c2ccccc2O)cc1)NCCCCCCCCNC(=O)COc1cccc2c1C(=O)N(C1CCC(=O)NC1=O)C2=O. The van der Waals surface area contributed by atoms with Gasteiger partial charge in [-0.1, -0.05) is 56.0 Å². The Hall–Kier alpha value is -7.04. The van der Waals surface area contributed by atoms with Crippen molar-refractivity contribution < 1.29 is 48.2 Å². The zero-order valence-electron chi connectivity index (χ0n) is 37.6. The lowest BCUT2D eigenvalue weighted by Crippen LogP contribution is -2.54. The summed E-state index contributed by atoms with van der Waals surface area (Å²) >= 11 is 0. The van der Waals surface area contributed by atoms with E-state index in [-0.39, 0.29) is 72.0 Å². The van der Waals surface area contributed by atoms with Crippen LogP contribution in [0, 0.1) is 0 Å². The molecule has 4 heterocycles. The maximum atomic E-state index is 13.2. The number of phenols is 1. The number of imide groups is 2. The third-order valence-electron chi connectivity index (χ3n) is 12.7. The van der Waals surface area contributed by atoms with E-state index in [4.69, 9.17) is 4.74 Å². The summed E-state index contributed by atoms with van der Waals surface area (Å²) in [5, 5.41) is 20.8. The minimum atomic E-state index is -1.09. The first-order valence-electron chi connectivity index (χ1n) is 23.4. The molecule has 7 amide bonds. The Kier molecular flexibility index (Phi) is 16.4. The molecular weight excluding hydrogens is 859 g/mol. The molecule has 3 aromatic rings. The van der Waals surface area contributed by atoms with Crippen LogP contribution in [-0.2, 0) is 30.4 Å². The van der Waals surface area contributed by atoms with Crippen LogP contribution in [0.5, 0.6) is 11.5 Å². The predicted octanol–water partition coefficient (Wildman–Crippen LogP) is 3.93. The average Bonchev–Trinajstić information content (AvgIpc) is 4.00. The molecule has 3 fully saturated rings. The number of piperazine rings is 1. The van der Waals surface area contributed by atoms with Gasteiger partial charge in [-0.05, 0) is 80.5 Å². The number of carbonyl (C=O) groups excluding carboxylic acids is 8. The van der Waals surface area contributed by atoms with Crippen molar-refractivity contribution in [1.29, 1.82) is 0 Å². The highest BCUT2D eigenvalue weighted by atomic mass is 16.5. The van der Waals surface area contributed by atoms with Crippen LogP contribution in [0.2, 0.25) is 0 Å². The number of hydrogen-bond acceptors (Lipinski definition) is 12. The van der Waals surface area contributed by atoms with Crippen LogP contribution in [0.4, 0.5) is 5.69 Å². The smallest absolute Gasteiger partial charge is 0.266 e. The summed E-state index contributed by atoms with van der Waals surface area (Å²) < 4.78 is 5.63. The summed E-state index contributed by atoms with van der Waals surface area (Å²) in [6.07, 6.45) is 11.7. The van der Waals surface area contributed by atoms with Crippen molar-refractivity contribution >= 4 is 52.8 Å². The van der Waals surface area contributed by atoms with Gasteiger partial charge in [0.1, 0.15) is 17.5 Å². The van der Waals surface area contributed by atoms with Crippen molar-refractivity contribution in [3.8, 4) is 11.5 Å². The van der Waals surface area contributed by atoms with Crippen LogP contribution in [0.25, 0.3) is 0 Å². The summed E-state index contributed by atoms with van der Waals surface area (Å²) in [6.45, 7) is 2.90. The maximum Gasteiger partial charge on any atom is 0.266 e. The Labute approximate surface area is 389 Å². The van der Waals surface area contributed by atoms with Crippen LogP contribution in [0.1, 0.15) is 114 Å². The molecule has 17 nitrogen and oxygen atoms in total. The molecule has 1 unspecified atom stereocenters. The molecule has 17 heteroatoms. The van der Waals surface area contributed by atoms with E-state index < -0.39 is 29.7 Å². The lowest BCUT2D eigenvalue weighted by molar-refractivity contribution is -0.136. The summed E-state index contributed by atoms with van der Waals surface area (Å²) in [5.41, 5.74) is 2.66. The zero-order chi connectivity index (χ0) is 47.3. The number of nitrogens with zero attached hydrogens (tertiary/aromatic N) is 3. The van der Waals surface area contributed by atoms with E-state index in [1.54, 1.807) is 24.3 Å². The third-order valence-corrected chi connectivity index (χ3v) is 12.7. The monoisotopic (exact) mass is 917 g/mol. The standard InChI is InChI=1S/C50H59N7O10/c58-40-13-6-5-11-37(40)41(59)24-28-55-30-36-29-35(55)31-56(36)34-19-17-33(18-20-34)23-27-53-44(61)16-10-15-43(60)51-25-7-3-1-2-4-8-26-52-46(63)32-67-42-14-9-12-38-47(42)50(66)57(49(38)65)39-21-22-45(62)54-48(39)64/h5-6,9,11-14,17-20,24,28,35-36,39,58H,1-4,7-8,10,15-16,21-23,25-27,29-32H2,(H,51,60)(H,52,63)(H,53,61)(H,54,62,64)/b28-24+/t35-,36-,39?/m0/s1. The molecule has 2 bridgehead atoms. The third kappa shape index (κ3) is 12.4. The van der Waals surface area contributed by atoms with Gasteiger partial charge in [-0.25, -0.2) is 0 Å². The number of ketones is 1. The van der Waals surface area contributed by atoms with E-state index >= 15 is 0 Å². The van der Waals surface area contributed by atoms with Crippen LogP contribution < -0.4 is 30.9 Å². The number of likely N-dealkylation sites (tertiary alicyclic amines) is 1. The second kappa shape index (κ2) is 22.9. The molecule has 3 saturated heterocycles. The van der Waals surface area contributed by atoms with Crippen molar-refractivity contribution in [3.63, 3.8) is 0 Å². The first kappa shape index (κ1) is 47.9. The zero-order valence-corrected chi connectivity index (χ0v) is 37.6. The van der Waals surface area contributed by atoms with Crippen molar-refractivity contribution in [2.75, 3.05) is 44.2 Å². The minimum Gasteiger partial charge on any atom is -0.507 e. The quantitative estimate of drug-likeness (QED) is 0.0373. The molecule has 4 aliphatic rings. The van der Waals surface area contributed by atoms with Gasteiger partial charge in [0, 0.05) is 82.0 Å². The molecule has 0 radical (unpaired) electrons. The van der Waals surface area contributed by atoms with Gasteiger partial charge < -0.3 is 35.6 Å². The molecule has 354 valence electrons. The van der Waals surface area contributed by atoms with Gasteiger partial charge in [0.25, 0.3) is 17.7 Å². The molecule has 67 heavy (non-hydrogen) atoms. The number of rotatable bonds is 24. The van der Waals surface area contributed by atoms with Gasteiger partial charge in [-0.2, -0.15) is 0 Å². The average molecular weight is 918 g/mol. The van der Waals surface area contributed by atoms with Gasteiger partial charge in [0.05, 0.1) is 16.7 Å². The van der Waals surface area contributed by atoms with Gasteiger partial charge in [-0.15, -0.1) is 0 Å². The highest BCUT2D eigenvalue weighted by Crippen LogP contribution is 2.36. The molecule has 5 N–H and O–H groups in total. The number of benzene rings is 3. The second-order valence-corrected chi connectivity index (χ2v) is 17.4. The van der Waals surface area contributed by atoms with Crippen molar-refractivity contribution in [1.82, 2.24) is 31.1 Å². The highest BCUT2D eigenvalue weighted by molar-refractivity contribution is 6.24. The van der Waals surface area contributed by atoms with Gasteiger partial charge in [0.15, 0.2) is 12.4 Å². The number of ether oxygens (including phenoxy) is 1. The van der Waals surface area contributed by atoms with Gasteiger partial charge in [0.2, 0.25) is 23.6 Å². The number of hydrogen-bond donors (Lipinski definition) is 5. The number of amides is 7. The summed E-state index contributed by atoms with van der Waals surface area (Å²) in [6, 6.07) is 19.1. The molecule has 0 saturated carbocycles. The molecule has 0 aromatic heterocycles. The minimum absolute atomic E-state index is 0.00873. The predicted molar refractivity (Wildman–Crippen MR) is 247 cm³/mol. The number of piperidine rings is 1. The molecule has 4 aliphatic heterocycles. The van der Waals surface area contributed by atoms with Crippen LogP contribution in [-0.4, -0.2) is 119 Å². The fourth-order valence-electron chi connectivity index (χ4n) is 9.13. The summed E-state index contributed by atoms with van der Waals surface area (Å²) in [7, 11) is 0. The van der Waals surface area contributed by atoms with Gasteiger partial charge >= 0.3 is 0 Å². The van der Waals surface area contributed by atoms with E-state index in [1.807, 2.05) is 6.20 Å². The van der Waals surface area contributed by atoms with E-state index in [2.05, 4.69) is 55.3 Å². The number of allylic oxidation sites excluding steroid dienone is 1. The Bertz CT molecular complexity index is 2370. The molecule has 3 atom stereocenters. The summed E-state index contributed by atoms with van der Waals surface area (Å²) in [4.78, 5) is 105. The normalized spacial score (nSPS) is 18.6. The number of nitrogens with one attached hydrogen (secondary N) is 4. The summed E-state index contributed by atoms with van der Waals surface area (Å²) in [5.74, 6) is -3.18. The van der Waals surface area contributed by atoms with Crippen molar-refractivity contribution in [3.05, 3.63) is 101 Å². The largest absolute Gasteiger partial charge is 0.507 e. The van der Waals surface area contributed by atoms with Crippen LogP contribution in [0.3, 0.4) is 0 Å². The fourth-order valence-corrected chi connectivity index (χ4v) is 9.13. The Morgan fingerprint density at radius 3 is 2.10 bits per heavy atom. The first-order valence-corrected chi connectivity index (χ1v) is 23.4. The molecule has 7 rings (SSSR count). The number of phenolic OH excluding ortho intramolecular Hbond substituents is 1. The van der Waals surface area contributed by atoms with E-state index in [0.29, 0.717) is 56.5 Å². The molecule has 3 aromatic carbocycles. The number of para-hydroxylation sites is 1. The number of fused-ring (bicyclic) bond motifs is 3. The Morgan fingerprint density at radius 2 is 1.42 bits per heavy atom. The number of unbranched alkanes of at least 4 members (excludes halogenated alkanes) is 5. The van der Waals surface area contributed by atoms with Crippen molar-refractivity contribution in [2.24, 2.45) is 0 Å². The lowest BCUT2D eigenvalue weighted by atomic mass is 10.0. The second-order valence-electron chi connectivity index (χ2n) is 17.4. The van der Waals surface area contributed by atoms with Gasteiger partial charge in [-0.3, -0.25) is 48.6 Å². The molecular formula is C50H59N7O10. The maximum absolute atomic E-state index is 13.2. The van der Waals surface area contributed by atoms with E-state index in [1.165, 1.54) is 24.3 Å². The molecule has 0 spiro atoms. The van der Waals surface area contributed by atoms with Crippen molar-refractivity contribution in [2.45, 2.75) is 102 Å². The lowest BCUT2D eigenvalue weighted by Gasteiger charge is -2.35. The number of anilines is 1. The van der Waals surface area contributed by atoms with E-state index in [0.717, 1.165) is 74.2 Å². The van der Waals surface area contributed by atoms with Crippen LogP contribution >= 0.6 is 0 Å². The Morgan fingerprint density at radius 1 is 0.731 bits per heavy atom. The molecule has 0 aliphatic carbocycles. The first-order chi connectivity index (χ1) is 32.5. The fraction of sp³-hybridized carbons (Fsp3) is 0.440. The van der Waals surface area contributed by atoms with Crippen LogP contribution in [0.15, 0.2) is 79.0 Å².